The van der Waals surface area contributed by atoms with Crippen LogP contribution in [0, 0.1) is 0 Å². The average molecular weight is 327 g/mol. The molecule has 0 aromatic carbocycles. The van der Waals surface area contributed by atoms with Crippen LogP contribution in [0.25, 0.3) is 0 Å². The van der Waals surface area contributed by atoms with Crippen molar-refractivity contribution in [2.75, 3.05) is 21.1 Å². The van der Waals surface area contributed by atoms with E-state index in [1.807, 2.05) is 17.5 Å². The van der Waals surface area contributed by atoms with Gasteiger partial charge in [0.15, 0.2) is 0 Å². The van der Waals surface area contributed by atoms with E-state index in [1.165, 1.54) is 4.90 Å². The second-order valence-corrected chi connectivity index (χ2v) is 7.29. The first-order chi connectivity index (χ1) is 10.1. The van der Waals surface area contributed by atoms with Gasteiger partial charge in [0.2, 0.25) is 0 Å². The van der Waals surface area contributed by atoms with Crippen LogP contribution in [-0.4, -0.2) is 54.7 Å². The van der Waals surface area contributed by atoms with E-state index in [-0.39, 0.29) is 5.91 Å². The average Bonchev–Trinajstić information content (AvgIpc) is 2.84. The summed E-state index contributed by atoms with van der Waals surface area (Å²) >= 11 is 1.56. The summed E-state index contributed by atoms with van der Waals surface area (Å²) in [5.41, 5.74) is 2.10. The van der Waals surface area contributed by atoms with Crippen LogP contribution in [0.2, 0.25) is 0 Å². The number of hydrogen-bond donors (Lipinski definition) is 1. The highest BCUT2D eigenvalue weighted by Gasteiger charge is 2.30. The molecule has 0 saturated heterocycles. The van der Waals surface area contributed by atoms with Gasteiger partial charge in [-0.2, -0.15) is 0 Å². The lowest BCUT2D eigenvalue weighted by molar-refractivity contribution is -0.129. The third kappa shape index (κ3) is 6.03. The summed E-state index contributed by atoms with van der Waals surface area (Å²) in [7, 11) is 5.04. The number of hydrogen-bond acceptors (Lipinski definition) is 5. The fraction of sp³-hybridized carbons (Fsp3) is 0.600. The van der Waals surface area contributed by atoms with Crippen LogP contribution in [0.1, 0.15) is 25.6 Å². The van der Waals surface area contributed by atoms with E-state index in [0.717, 1.165) is 4.88 Å². The molecule has 22 heavy (non-hydrogen) atoms. The van der Waals surface area contributed by atoms with E-state index in [0.29, 0.717) is 6.42 Å². The molecule has 0 saturated carbocycles. The standard InChI is InChI=1S/C15H25N3O3S/c1-15(2,3)21-14(20)18(6)12(13(19)16-17(4)5)10-11-8-7-9-22-11/h7-9,12H,10H2,1-6H3,(H,16,19)/t12-/m1/s1. The van der Waals surface area contributed by atoms with Crippen LogP contribution in [0.3, 0.4) is 0 Å². The number of thiophene rings is 1. The maximum atomic E-state index is 12.4. The maximum absolute atomic E-state index is 12.4. The molecule has 0 aliphatic carbocycles. The quantitative estimate of drug-likeness (QED) is 0.842. The second kappa shape index (κ2) is 7.60. The Morgan fingerprint density at radius 1 is 1.32 bits per heavy atom. The summed E-state index contributed by atoms with van der Waals surface area (Å²) in [6.07, 6.45) is -0.0597. The molecule has 6 nitrogen and oxygen atoms in total. The number of amides is 2. The number of carbonyl (C=O) groups excluding carboxylic acids is 2. The van der Waals surface area contributed by atoms with Gasteiger partial charge in [0.25, 0.3) is 5.91 Å². The molecule has 0 aliphatic rings. The van der Waals surface area contributed by atoms with E-state index in [2.05, 4.69) is 5.43 Å². The van der Waals surface area contributed by atoms with Gasteiger partial charge in [-0.25, -0.2) is 9.80 Å². The maximum Gasteiger partial charge on any atom is 0.410 e. The fourth-order valence-corrected chi connectivity index (χ4v) is 2.52. The highest BCUT2D eigenvalue weighted by atomic mass is 32.1. The Kier molecular flexibility index (Phi) is 6.37. The number of nitrogens with zero attached hydrogens (tertiary/aromatic N) is 2. The first kappa shape index (κ1) is 18.4. The van der Waals surface area contributed by atoms with Gasteiger partial charge in [-0.05, 0) is 32.2 Å². The number of rotatable bonds is 5. The molecule has 0 spiro atoms. The van der Waals surface area contributed by atoms with Gasteiger partial charge in [0.1, 0.15) is 11.6 Å². The SMILES string of the molecule is CN(C)NC(=O)[C@@H](Cc1cccs1)N(C)C(=O)OC(C)(C)C. The minimum atomic E-state index is -0.629. The van der Waals surface area contributed by atoms with Crippen LogP contribution in [0.15, 0.2) is 17.5 Å². The third-order valence-electron chi connectivity index (χ3n) is 2.76. The monoisotopic (exact) mass is 327 g/mol. The molecule has 2 amide bonds. The molecular formula is C15H25N3O3S. The molecule has 1 N–H and O–H groups in total. The smallest absolute Gasteiger partial charge is 0.410 e. The molecule has 124 valence electrons. The van der Waals surface area contributed by atoms with Crippen molar-refractivity contribution in [2.24, 2.45) is 0 Å². The minimum absolute atomic E-state index is 0.244. The normalized spacial score (nSPS) is 12.9. The summed E-state index contributed by atoms with van der Waals surface area (Å²) in [6.45, 7) is 5.40. The second-order valence-electron chi connectivity index (χ2n) is 6.26. The van der Waals surface area contributed by atoms with Crippen LogP contribution in [-0.2, 0) is 16.0 Å². The van der Waals surface area contributed by atoms with E-state index in [9.17, 15) is 9.59 Å². The summed E-state index contributed by atoms with van der Waals surface area (Å²) in [5, 5.41) is 3.51. The Morgan fingerprint density at radius 3 is 2.41 bits per heavy atom. The predicted molar refractivity (Wildman–Crippen MR) is 87.6 cm³/mol. The van der Waals surface area contributed by atoms with Crippen LogP contribution >= 0.6 is 11.3 Å². The molecule has 1 atom stereocenters. The number of likely N-dealkylation sites (N-methyl/N-ethyl adjacent to an activating group) is 1. The lowest BCUT2D eigenvalue weighted by Crippen LogP contribution is -2.52. The first-order valence-electron chi connectivity index (χ1n) is 7.06. The van der Waals surface area contributed by atoms with E-state index >= 15 is 0 Å². The molecular weight excluding hydrogens is 302 g/mol. The van der Waals surface area contributed by atoms with Crippen molar-refractivity contribution in [3.05, 3.63) is 22.4 Å². The van der Waals surface area contributed by atoms with Crippen molar-refractivity contribution >= 4 is 23.3 Å². The van der Waals surface area contributed by atoms with Crippen LogP contribution < -0.4 is 5.43 Å². The van der Waals surface area contributed by atoms with E-state index in [1.54, 1.807) is 58.3 Å². The number of hydrazine groups is 1. The summed E-state index contributed by atoms with van der Waals surface area (Å²) in [6, 6.07) is 3.24. The summed E-state index contributed by atoms with van der Waals surface area (Å²) in [5.74, 6) is -0.244. The van der Waals surface area contributed by atoms with Gasteiger partial charge in [-0.3, -0.25) is 15.1 Å². The molecule has 0 aliphatic heterocycles. The molecule has 1 aromatic heterocycles. The number of nitrogens with one attached hydrogen (secondary N) is 1. The first-order valence-corrected chi connectivity index (χ1v) is 7.94. The highest BCUT2D eigenvalue weighted by molar-refractivity contribution is 7.09. The Labute approximate surface area is 136 Å². The van der Waals surface area contributed by atoms with Crippen molar-refractivity contribution in [1.82, 2.24) is 15.3 Å². The van der Waals surface area contributed by atoms with Crippen LogP contribution in [0.5, 0.6) is 0 Å². The summed E-state index contributed by atoms with van der Waals surface area (Å²) in [4.78, 5) is 27.0. The van der Waals surface area contributed by atoms with Gasteiger partial charge in [0.05, 0.1) is 0 Å². The van der Waals surface area contributed by atoms with Crippen LogP contribution in [0.4, 0.5) is 4.79 Å². The zero-order valence-corrected chi connectivity index (χ0v) is 14.9. The zero-order valence-electron chi connectivity index (χ0n) is 14.0. The minimum Gasteiger partial charge on any atom is -0.444 e. The van der Waals surface area contributed by atoms with E-state index in [4.69, 9.17) is 4.74 Å². The topological polar surface area (TPSA) is 61.9 Å². The van der Waals surface area contributed by atoms with Gasteiger partial charge in [-0.15, -0.1) is 11.3 Å². The van der Waals surface area contributed by atoms with Gasteiger partial charge >= 0.3 is 6.09 Å². The van der Waals surface area contributed by atoms with Crippen molar-refractivity contribution in [2.45, 2.75) is 38.8 Å². The molecule has 0 radical (unpaired) electrons. The lowest BCUT2D eigenvalue weighted by Gasteiger charge is -2.30. The molecule has 0 fully saturated rings. The Morgan fingerprint density at radius 2 is 1.95 bits per heavy atom. The fourth-order valence-electron chi connectivity index (χ4n) is 1.78. The Hall–Kier alpha value is -1.60. The molecule has 0 unspecified atom stereocenters. The molecule has 0 bridgehead atoms. The molecule has 1 rings (SSSR count). The summed E-state index contributed by atoms with van der Waals surface area (Å²) < 4.78 is 5.35. The van der Waals surface area contributed by atoms with Crippen molar-refractivity contribution in [1.29, 1.82) is 0 Å². The van der Waals surface area contributed by atoms with E-state index < -0.39 is 17.7 Å². The Balaban J connectivity index is 2.88. The van der Waals surface area contributed by atoms with Crippen molar-refractivity contribution < 1.29 is 14.3 Å². The van der Waals surface area contributed by atoms with Gasteiger partial charge in [0, 0.05) is 32.4 Å². The predicted octanol–water partition coefficient (Wildman–Crippen LogP) is 2.12. The number of carbonyl (C=O) groups is 2. The third-order valence-corrected chi connectivity index (χ3v) is 3.66. The molecule has 7 heteroatoms. The Bertz CT molecular complexity index is 495. The zero-order chi connectivity index (χ0) is 16.9. The highest BCUT2D eigenvalue weighted by Crippen LogP contribution is 2.16. The van der Waals surface area contributed by atoms with Gasteiger partial charge < -0.3 is 4.74 Å². The number of ether oxygens (including phenoxy) is 1. The van der Waals surface area contributed by atoms with Gasteiger partial charge in [-0.1, -0.05) is 6.07 Å². The van der Waals surface area contributed by atoms with Crippen molar-refractivity contribution in [3.63, 3.8) is 0 Å². The largest absolute Gasteiger partial charge is 0.444 e. The molecule has 1 aromatic rings. The molecule has 1 heterocycles. The van der Waals surface area contributed by atoms with Crippen molar-refractivity contribution in [3.8, 4) is 0 Å². The lowest BCUT2D eigenvalue weighted by atomic mass is 10.1.